The van der Waals surface area contributed by atoms with Gasteiger partial charge < -0.3 is 16.2 Å². The Morgan fingerprint density at radius 1 is 1.21 bits per heavy atom. The van der Waals surface area contributed by atoms with Crippen LogP contribution in [-0.4, -0.2) is 22.0 Å². The molecule has 4 aromatic rings. The first-order chi connectivity index (χ1) is 13.5. The molecule has 10 heteroatoms. The maximum Gasteiger partial charge on any atom is 0.331 e. The summed E-state index contributed by atoms with van der Waals surface area (Å²) in [7, 11) is 0. The largest absolute Gasteiger partial charge is 0.479 e. The molecule has 0 amide bonds. The molecule has 1 aromatic carbocycles. The van der Waals surface area contributed by atoms with Crippen molar-refractivity contribution < 1.29 is 9.90 Å². The number of nitrogens with zero attached hydrogens (tertiary/aromatic N) is 1. The fraction of sp³-hybridized carbons (Fsp3) is 0.0556. The van der Waals surface area contributed by atoms with Crippen LogP contribution in [0.1, 0.15) is 10.9 Å². The molecular formula is C18H15ClN4O2S3. The second-order valence-electron chi connectivity index (χ2n) is 5.46. The molecule has 0 spiro atoms. The first-order valence-electron chi connectivity index (χ1n) is 7.90. The van der Waals surface area contributed by atoms with Crippen LogP contribution in [-0.2, 0) is 4.79 Å². The Kier molecular flexibility index (Phi) is 6.63. The summed E-state index contributed by atoms with van der Waals surface area (Å²) in [6.45, 7) is 0. The Bertz CT molecular complexity index is 1070. The number of thiazole rings is 1. The molecule has 0 aliphatic carbocycles. The standard InChI is InChI=1S/C10H9ClN4O2S2.C8H6S/c11-5-2-1-4(19-5)6-8(18-3-14-6)7(9(16)17)15-10(12)13;1-2-4-8-7(3-1)5-6-9-8/h1-3,7H,(H,16,17)(H4,12,13,15);1-6H. The number of guanidine groups is 1. The third kappa shape index (κ3) is 4.87. The monoisotopic (exact) mass is 450 g/mol. The lowest BCUT2D eigenvalue weighted by Gasteiger charge is -2.13. The number of fused-ring (bicyclic) bond motifs is 1. The lowest BCUT2D eigenvalue weighted by atomic mass is 10.2. The van der Waals surface area contributed by atoms with Crippen molar-refractivity contribution in [2.75, 3.05) is 0 Å². The number of nitrogens with one attached hydrogen (secondary N) is 2. The average Bonchev–Trinajstić information content (AvgIpc) is 3.39. The fourth-order valence-corrected chi connectivity index (χ4v) is 5.14. The molecule has 0 bridgehead atoms. The Hall–Kier alpha value is -2.46. The second kappa shape index (κ2) is 9.16. The van der Waals surface area contributed by atoms with E-state index in [1.165, 1.54) is 32.8 Å². The highest BCUT2D eigenvalue weighted by Crippen LogP contribution is 2.36. The van der Waals surface area contributed by atoms with Gasteiger partial charge in [0.2, 0.25) is 0 Å². The molecule has 0 aliphatic heterocycles. The maximum absolute atomic E-state index is 11.3. The van der Waals surface area contributed by atoms with Gasteiger partial charge in [-0.25, -0.2) is 9.78 Å². The highest BCUT2D eigenvalue weighted by atomic mass is 35.5. The molecule has 144 valence electrons. The van der Waals surface area contributed by atoms with Crippen molar-refractivity contribution in [1.82, 2.24) is 10.3 Å². The topological polar surface area (TPSA) is 112 Å². The molecule has 3 aromatic heterocycles. The van der Waals surface area contributed by atoms with E-state index in [-0.39, 0.29) is 0 Å². The molecular weight excluding hydrogens is 436 g/mol. The van der Waals surface area contributed by atoms with Crippen LogP contribution < -0.4 is 11.1 Å². The van der Waals surface area contributed by atoms with E-state index in [0.717, 1.165) is 4.88 Å². The number of halogens is 1. The van der Waals surface area contributed by atoms with Crippen LogP contribution in [0.5, 0.6) is 0 Å². The van der Waals surface area contributed by atoms with Crippen molar-refractivity contribution >= 4 is 67.6 Å². The van der Waals surface area contributed by atoms with E-state index in [2.05, 4.69) is 46.0 Å². The number of benzene rings is 1. The predicted molar refractivity (Wildman–Crippen MR) is 118 cm³/mol. The van der Waals surface area contributed by atoms with Gasteiger partial charge in [0.1, 0.15) is 0 Å². The molecule has 0 saturated carbocycles. The average molecular weight is 451 g/mol. The minimum absolute atomic E-state index is 0.407. The molecule has 28 heavy (non-hydrogen) atoms. The second-order valence-corrected chi connectivity index (χ2v) is 9.01. The van der Waals surface area contributed by atoms with E-state index < -0.39 is 18.0 Å². The van der Waals surface area contributed by atoms with Crippen molar-refractivity contribution in [2.24, 2.45) is 5.73 Å². The van der Waals surface area contributed by atoms with Crippen LogP contribution >= 0.6 is 45.6 Å². The number of hydrogen-bond donors (Lipinski definition) is 4. The van der Waals surface area contributed by atoms with Crippen LogP contribution in [0.2, 0.25) is 4.34 Å². The summed E-state index contributed by atoms with van der Waals surface area (Å²) in [5.74, 6) is -1.53. The Morgan fingerprint density at radius 3 is 2.64 bits per heavy atom. The molecule has 3 heterocycles. The lowest BCUT2D eigenvalue weighted by Crippen LogP contribution is -2.37. The third-order valence-electron chi connectivity index (χ3n) is 3.57. The Labute approximate surface area is 177 Å². The summed E-state index contributed by atoms with van der Waals surface area (Å²) in [5.41, 5.74) is 7.30. The zero-order valence-corrected chi connectivity index (χ0v) is 17.5. The number of carboxylic acids is 1. The number of hydrogen-bond acceptors (Lipinski definition) is 6. The first-order valence-corrected chi connectivity index (χ1v) is 10.9. The number of aromatic nitrogens is 1. The van der Waals surface area contributed by atoms with E-state index in [9.17, 15) is 9.90 Å². The molecule has 0 fully saturated rings. The van der Waals surface area contributed by atoms with Gasteiger partial charge in [0.05, 0.1) is 25.3 Å². The van der Waals surface area contributed by atoms with E-state index in [0.29, 0.717) is 14.9 Å². The minimum atomic E-state index is -1.12. The van der Waals surface area contributed by atoms with Crippen LogP contribution in [0.15, 0.2) is 53.4 Å². The lowest BCUT2D eigenvalue weighted by molar-refractivity contribution is -0.139. The molecule has 0 radical (unpaired) electrons. The van der Waals surface area contributed by atoms with Crippen molar-refractivity contribution in [1.29, 1.82) is 5.41 Å². The zero-order valence-electron chi connectivity index (χ0n) is 14.3. The van der Waals surface area contributed by atoms with Crippen LogP contribution in [0.3, 0.4) is 0 Å². The summed E-state index contributed by atoms with van der Waals surface area (Å²) < 4.78 is 1.97. The van der Waals surface area contributed by atoms with Crippen molar-refractivity contribution in [3.05, 3.63) is 62.6 Å². The van der Waals surface area contributed by atoms with Gasteiger partial charge in [0.25, 0.3) is 0 Å². The van der Waals surface area contributed by atoms with Crippen LogP contribution in [0, 0.1) is 5.41 Å². The molecule has 5 N–H and O–H groups in total. The molecule has 0 aliphatic rings. The van der Waals surface area contributed by atoms with Crippen LogP contribution in [0.4, 0.5) is 0 Å². The quantitative estimate of drug-likeness (QED) is 0.257. The number of carbonyl (C=O) groups is 1. The molecule has 4 rings (SSSR count). The van der Waals surface area contributed by atoms with Gasteiger partial charge >= 0.3 is 5.97 Å². The zero-order chi connectivity index (χ0) is 20.1. The van der Waals surface area contributed by atoms with Crippen molar-refractivity contribution in [3.63, 3.8) is 0 Å². The van der Waals surface area contributed by atoms with Crippen molar-refractivity contribution in [3.8, 4) is 10.6 Å². The van der Waals surface area contributed by atoms with E-state index in [1.54, 1.807) is 29.0 Å². The summed E-state index contributed by atoms with van der Waals surface area (Å²) in [4.78, 5) is 16.7. The van der Waals surface area contributed by atoms with Gasteiger partial charge in [-0.3, -0.25) is 5.41 Å². The molecule has 1 atom stereocenters. The predicted octanol–water partition coefficient (Wildman–Crippen LogP) is 5.04. The number of nitrogens with two attached hydrogens (primary N) is 1. The fourth-order valence-electron chi connectivity index (χ4n) is 2.39. The number of carboxylic acid groups (broad SMARTS) is 1. The van der Waals surface area contributed by atoms with Crippen LogP contribution in [0.25, 0.3) is 20.7 Å². The third-order valence-corrected chi connectivity index (χ3v) is 6.60. The summed E-state index contributed by atoms with van der Waals surface area (Å²) >= 11 is 10.2. The molecule has 1 unspecified atom stereocenters. The van der Waals surface area contributed by atoms with E-state index in [1.807, 2.05) is 0 Å². The summed E-state index contributed by atoms with van der Waals surface area (Å²) in [6, 6.07) is 12.9. The normalized spacial score (nSPS) is 11.5. The van der Waals surface area contributed by atoms with Gasteiger partial charge in [0, 0.05) is 4.70 Å². The molecule has 0 saturated heterocycles. The number of aliphatic carboxylic acids is 1. The molecule has 6 nitrogen and oxygen atoms in total. The smallest absolute Gasteiger partial charge is 0.331 e. The maximum atomic E-state index is 11.3. The Morgan fingerprint density at radius 2 is 2.00 bits per heavy atom. The highest BCUT2D eigenvalue weighted by molar-refractivity contribution is 7.19. The SMILES string of the molecule is N=C(N)NC(C(=O)O)c1scnc1-c1ccc(Cl)s1.c1ccc2sccc2c1. The first kappa shape index (κ1) is 20.3. The summed E-state index contributed by atoms with van der Waals surface area (Å²) in [5, 5.41) is 22.2. The highest BCUT2D eigenvalue weighted by Gasteiger charge is 2.26. The van der Waals surface area contributed by atoms with Gasteiger partial charge in [0.15, 0.2) is 12.0 Å². The van der Waals surface area contributed by atoms with E-state index in [4.69, 9.17) is 22.7 Å². The number of rotatable bonds is 4. The summed E-state index contributed by atoms with van der Waals surface area (Å²) in [6.07, 6.45) is 0. The minimum Gasteiger partial charge on any atom is -0.479 e. The number of thiophene rings is 2. The van der Waals surface area contributed by atoms with Crippen molar-refractivity contribution in [2.45, 2.75) is 6.04 Å². The van der Waals surface area contributed by atoms with Gasteiger partial charge in [-0.1, -0.05) is 29.8 Å². The van der Waals surface area contributed by atoms with Gasteiger partial charge in [-0.05, 0) is 35.0 Å². The van der Waals surface area contributed by atoms with Gasteiger partial charge in [-0.2, -0.15) is 0 Å². The van der Waals surface area contributed by atoms with E-state index >= 15 is 0 Å². The van der Waals surface area contributed by atoms with Gasteiger partial charge in [-0.15, -0.1) is 34.0 Å². The Balaban J connectivity index is 0.000000206.